The van der Waals surface area contributed by atoms with E-state index in [1.165, 1.54) is 64.2 Å². The molecule has 0 bridgehead atoms. The maximum atomic E-state index is 12.5. The summed E-state index contributed by atoms with van der Waals surface area (Å²) in [4.78, 5) is 12.5. The van der Waals surface area contributed by atoms with E-state index in [1.807, 2.05) is 19.1 Å². The Morgan fingerprint density at radius 1 is 0.651 bits per heavy atom. The summed E-state index contributed by atoms with van der Waals surface area (Å²) in [6, 6.07) is 0. The molecular formula is C53H104O7Si3. The normalized spacial score (nSPS) is 21.5. The first-order chi connectivity index (χ1) is 29.1. The molecule has 0 amide bonds. The molecule has 0 aromatic heterocycles. The van der Waals surface area contributed by atoms with E-state index in [4.69, 9.17) is 22.8 Å². The van der Waals surface area contributed by atoms with Gasteiger partial charge in [-0.15, -0.1) is 0 Å². The highest BCUT2D eigenvalue weighted by molar-refractivity contribution is 6.75. The average Bonchev–Trinajstić information content (AvgIpc) is 3.77. The van der Waals surface area contributed by atoms with Gasteiger partial charge in [0.15, 0.2) is 25.0 Å². The fourth-order valence-electron chi connectivity index (χ4n) is 8.15. The van der Waals surface area contributed by atoms with Crippen molar-refractivity contribution in [3.8, 4) is 0 Å². The van der Waals surface area contributed by atoms with Crippen LogP contribution in [0.3, 0.4) is 0 Å². The molecule has 2 aliphatic rings. The summed E-state index contributed by atoms with van der Waals surface area (Å²) in [5, 5.41) is 11.3. The second kappa shape index (κ2) is 26.8. The molecule has 1 N–H and O–H groups in total. The van der Waals surface area contributed by atoms with Gasteiger partial charge in [0, 0.05) is 18.1 Å². The van der Waals surface area contributed by atoms with Crippen LogP contribution in [0, 0.1) is 0 Å². The summed E-state index contributed by atoms with van der Waals surface area (Å²) in [5.41, 5.74) is 0.728. The molecule has 7 nitrogen and oxygen atoms in total. The van der Waals surface area contributed by atoms with Gasteiger partial charge in [-0.2, -0.15) is 0 Å². The fourth-order valence-corrected chi connectivity index (χ4v) is 12.3. The number of aliphatic hydroxyl groups is 1. The third-order valence-corrected chi connectivity index (χ3v) is 29.0. The van der Waals surface area contributed by atoms with Crippen molar-refractivity contribution in [2.24, 2.45) is 0 Å². The van der Waals surface area contributed by atoms with Crippen LogP contribution in [-0.4, -0.2) is 78.8 Å². The monoisotopic (exact) mass is 937 g/mol. The van der Waals surface area contributed by atoms with E-state index in [1.54, 1.807) is 0 Å². The highest BCUT2D eigenvalue weighted by atomic mass is 28.4. The Labute approximate surface area is 393 Å². The van der Waals surface area contributed by atoms with Crippen molar-refractivity contribution in [2.45, 2.75) is 308 Å². The van der Waals surface area contributed by atoms with Crippen LogP contribution in [0.1, 0.15) is 211 Å². The molecule has 2 rings (SSSR count). The lowest BCUT2D eigenvalue weighted by Gasteiger charge is -2.42. The van der Waals surface area contributed by atoms with Crippen LogP contribution in [0.4, 0.5) is 0 Å². The maximum Gasteiger partial charge on any atom is 0.334 e. The summed E-state index contributed by atoms with van der Waals surface area (Å²) in [7, 11) is -6.05. The average molecular weight is 938 g/mol. The van der Waals surface area contributed by atoms with Crippen LogP contribution in [0.2, 0.25) is 54.4 Å². The van der Waals surface area contributed by atoms with Crippen molar-refractivity contribution in [2.75, 3.05) is 0 Å². The lowest BCUT2D eigenvalue weighted by atomic mass is 10.00. The number of carbonyl (C=O) groups is 1. The highest BCUT2D eigenvalue weighted by Crippen LogP contribution is 2.43. The van der Waals surface area contributed by atoms with Gasteiger partial charge in [-0.3, -0.25) is 0 Å². The van der Waals surface area contributed by atoms with Crippen molar-refractivity contribution < 1.29 is 32.7 Å². The van der Waals surface area contributed by atoms with Crippen molar-refractivity contribution in [1.82, 2.24) is 0 Å². The van der Waals surface area contributed by atoms with Crippen molar-refractivity contribution in [3.63, 3.8) is 0 Å². The maximum absolute atomic E-state index is 12.5. The van der Waals surface area contributed by atoms with Gasteiger partial charge < -0.3 is 27.9 Å². The summed E-state index contributed by atoms with van der Waals surface area (Å²) >= 11 is 0. The molecule has 2 aliphatic heterocycles. The van der Waals surface area contributed by atoms with Crippen LogP contribution >= 0.6 is 0 Å². The topological polar surface area (TPSA) is 83.5 Å². The largest absolute Gasteiger partial charge is 0.455 e. The SMILES string of the molecule is CCCCCCCCCCCC[C@H](O[Si](C)(C)C(C)(C)C)[C@H]1CC[C@H]([C@@H](CCCCCC(O)/C=C/CC[C@H](CC2=C[C@H](C)OC2=O)O[Si](C)(C)C(C)(C)C)O[Si](C)(C)C(C)(C)C)O1. The minimum Gasteiger partial charge on any atom is -0.455 e. The molecule has 10 heteroatoms. The Morgan fingerprint density at radius 3 is 1.49 bits per heavy atom. The van der Waals surface area contributed by atoms with Crippen molar-refractivity contribution in [1.29, 1.82) is 0 Å². The molecule has 1 fully saturated rings. The Morgan fingerprint density at radius 2 is 1.06 bits per heavy atom. The first-order valence-corrected chi connectivity index (χ1v) is 34.8. The predicted molar refractivity (Wildman–Crippen MR) is 276 cm³/mol. The molecule has 370 valence electrons. The van der Waals surface area contributed by atoms with Gasteiger partial charge in [-0.1, -0.05) is 165 Å². The predicted octanol–water partition coefficient (Wildman–Crippen LogP) is 15.9. The minimum absolute atomic E-state index is 0.0578. The Kier molecular flexibility index (Phi) is 24.9. The van der Waals surface area contributed by atoms with Crippen molar-refractivity contribution in [3.05, 3.63) is 23.8 Å². The van der Waals surface area contributed by atoms with Crippen LogP contribution in [0.5, 0.6) is 0 Å². The molecule has 0 aromatic rings. The summed E-state index contributed by atoms with van der Waals surface area (Å²) in [6.07, 6.45) is 29.4. The molecule has 7 atom stereocenters. The van der Waals surface area contributed by atoms with E-state index >= 15 is 0 Å². The molecule has 0 aromatic carbocycles. The minimum atomic E-state index is -2.04. The van der Waals surface area contributed by atoms with Gasteiger partial charge in [0.1, 0.15) is 6.10 Å². The molecule has 2 heterocycles. The van der Waals surface area contributed by atoms with Gasteiger partial charge in [0.25, 0.3) is 0 Å². The molecule has 63 heavy (non-hydrogen) atoms. The lowest BCUT2D eigenvalue weighted by molar-refractivity contribution is -0.139. The van der Waals surface area contributed by atoms with Gasteiger partial charge in [0.05, 0.1) is 30.5 Å². The van der Waals surface area contributed by atoms with E-state index < -0.39 is 31.1 Å². The number of unbranched alkanes of at least 4 members (excludes halogenated alkanes) is 11. The summed E-state index contributed by atoms with van der Waals surface area (Å²) in [5.74, 6) is -0.217. The molecule has 1 unspecified atom stereocenters. The highest BCUT2D eigenvalue weighted by Gasteiger charge is 2.46. The fraction of sp³-hybridized carbons (Fsp3) is 0.906. The second-order valence-electron chi connectivity index (χ2n) is 24.3. The Hall–Kier alpha value is -0.599. The zero-order valence-corrected chi connectivity index (χ0v) is 47.5. The molecule has 0 aliphatic carbocycles. The summed E-state index contributed by atoms with van der Waals surface area (Å²) in [6.45, 7) is 39.1. The van der Waals surface area contributed by atoms with E-state index in [-0.39, 0.29) is 57.7 Å². The van der Waals surface area contributed by atoms with E-state index in [2.05, 4.69) is 115 Å². The number of esters is 1. The Balaban J connectivity index is 1.99. The zero-order valence-electron chi connectivity index (χ0n) is 44.5. The van der Waals surface area contributed by atoms with Crippen LogP contribution in [0.25, 0.3) is 0 Å². The Bertz CT molecular complexity index is 1360. The quantitative estimate of drug-likeness (QED) is 0.0321. The number of rotatable bonds is 31. The zero-order chi connectivity index (χ0) is 47.7. The van der Waals surface area contributed by atoms with Crippen molar-refractivity contribution >= 4 is 30.9 Å². The number of hydrogen-bond donors (Lipinski definition) is 1. The van der Waals surface area contributed by atoms with Gasteiger partial charge >= 0.3 is 5.97 Å². The van der Waals surface area contributed by atoms with Crippen LogP contribution < -0.4 is 0 Å². The molecule has 0 saturated carbocycles. The third-order valence-electron chi connectivity index (χ3n) is 15.5. The van der Waals surface area contributed by atoms with E-state index in [0.29, 0.717) is 6.42 Å². The first-order valence-electron chi connectivity index (χ1n) is 26.1. The number of hydrogen-bond acceptors (Lipinski definition) is 7. The lowest BCUT2D eigenvalue weighted by Crippen LogP contribution is -2.48. The van der Waals surface area contributed by atoms with Gasteiger partial charge in [-0.05, 0) is 112 Å². The number of ether oxygens (including phenoxy) is 2. The smallest absolute Gasteiger partial charge is 0.334 e. The van der Waals surface area contributed by atoms with E-state index in [0.717, 1.165) is 69.8 Å². The molecule has 0 spiro atoms. The molecule has 0 radical (unpaired) electrons. The number of carbonyl (C=O) groups excluding carboxylic acids is 1. The van der Waals surface area contributed by atoms with Crippen LogP contribution in [0.15, 0.2) is 23.8 Å². The molecular weight excluding hydrogens is 833 g/mol. The van der Waals surface area contributed by atoms with Gasteiger partial charge in [-0.25, -0.2) is 4.79 Å². The standard InChI is InChI=1S/C53H104O7Si3/c1-18-19-20-21-22-23-24-25-26-29-36-48(59-62(14,15)52(6,7)8)46-38-39-47(57-46)49(60-63(16,17)53(9,10)11)37-30-27-28-33-44(54)34-31-32-35-45(58-61(12,13)51(3,4)5)41-43-40-42(2)56-50(43)55/h31,34,40,42,44-49,54H,18-30,32-33,35-39,41H2,1-17H3/b34-31+/t42-,44?,45+,46+,47+,48-,49+/m0/s1. The number of cyclic esters (lactones) is 1. The number of allylic oxidation sites excluding steroid dienone is 1. The van der Waals surface area contributed by atoms with Gasteiger partial charge in [0.2, 0.25) is 0 Å². The van der Waals surface area contributed by atoms with Crippen LogP contribution in [-0.2, 0) is 27.5 Å². The number of aliphatic hydroxyl groups excluding tert-OH is 1. The first kappa shape index (κ1) is 58.5. The third kappa shape index (κ3) is 21.1. The summed E-state index contributed by atoms with van der Waals surface area (Å²) < 4.78 is 33.8. The molecule has 1 saturated heterocycles. The second-order valence-corrected chi connectivity index (χ2v) is 38.6. The van der Waals surface area contributed by atoms with E-state index in [9.17, 15) is 9.90 Å².